The highest BCUT2D eigenvalue weighted by Gasteiger charge is 2.41. The van der Waals surface area contributed by atoms with E-state index in [1.54, 1.807) is 6.07 Å². The van der Waals surface area contributed by atoms with E-state index in [0.29, 0.717) is 0 Å². The van der Waals surface area contributed by atoms with Crippen LogP contribution in [0.4, 0.5) is 4.39 Å². The largest absolute Gasteiger partial charge is 0.310 e. The number of benzene rings is 6. The zero-order valence-electron chi connectivity index (χ0n) is 24.2. The van der Waals surface area contributed by atoms with E-state index in [2.05, 4.69) is 109 Å². The van der Waals surface area contributed by atoms with Crippen LogP contribution in [0.2, 0.25) is 0 Å². The summed E-state index contributed by atoms with van der Waals surface area (Å²) < 4.78 is 19.6. The van der Waals surface area contributed by atoms with E-state index in [1.165, 1.54) is 94.1 Å². The van der Waals surface area contributed by atoms with Gasteiger partial charge in [-0.1, -0.05) is 65.2 Å². The SMILES string of the molecule is Cc1ccc2c(c1)c1cc(C)cc3c1n2-c1cc(-c2cccc(F)c2)cc2c1B3c1cc(C)cc3c4ccccc4n-2c13. The molecule has 4 heteroatoms. The van der Waals surface area contributed by atoms with Crippen molar-refractivity contribution in [1.82, 2.24) is 9.13 Å². The Balaban J connectivity index is 1.48. The predicted molar refractivity (Wildman–Crippen MR) is 179 cm³/mol. The van der Waals surface area contributed by atoms with Crippen LogP contribution in [-0.4, -0.2) is 15.8 Å². The molecule has 2 aromatic heterocycles. The maximum Gasteiger partial charge on any atom is 0.252 e. The third-order valence-electron chi connectivity index (χ3n) is 9.82. The van der Waals surface area contributed by atoms with Crippen LogP contribution in [0.25, 0.3) is 66.1 Å². The van der Waals surface area contributed by atoms with E-state index in [1.807, 2.05) is 12.1 Å². The van der Waals surface area contributed by atoms with Crippen molar-refractivity contribution in [3.63, 3.8) is 0 Å². The first-order chi connectivity index (χ1) is 21.0. The third-order valence-corrected chi connectivity index (χ3v) is 9.82. The molecule has 43 heavy (non-hydrogen) atoms. The molecule has 0 bridgehead atoms. The lowest BCUT2D eigenvalue weighted by Gasteiger charge is -2.34. The molecule has 0 spiro atoms. The number of hydrogen-bond acceptors (Lipinski definition) is 0. The number of nitrogens with zero attached hydrogens (tertiary/aromatic N) is 2. The smallest absolute Gasteiger partial charge is 0.252 e. The summed E-state index contributed by atoms with van der Waals surface area (Å²) >= 11 is 0. The monoisotopic (exact) mass is 552 g/mol. The second kappa shape index (κ2) is 7.84. The van der Waals surface area contributed by atoms with E-state index in [4.69, 9.17) is 0 Å². The Hall–Kier alpha value is -5.09. The highest BCUT2D eigenvalue weighted by Crippen LogP contribution is 2.41. The molecule has 0 N–H and O–H groups in total. The molecule has 202 valence electrons. The van der Waals surface area contributed by atoms with Crippen LogP contribution in [0.1, 0.15) is 16.7 Å². The molecule has 4 heterocycles. The van der Waals surface area contributed by atoms with E-state index in [9.17, 15) is 4.39 Å². The molecule has 2 aliphatic rings. The molecule has 0 fully saturated rings. The summed E-state index contributed by atoms with van der Waals surface area (Å²) in [5.41, 5.74) is 17.1. The van der Waals surface area contributed by atoms with Crippen molar-refractivity contribution >= 4 is 66.7 Å². The minimum absolute atomic E-state index is 0.0890. The van der Waals surface area contributed by atoms with Crippen molar-refractivity contribution in [2.75, 3.05) is 0 Å². The predicted octanol–water partition coefficient (Wildman–Crippen LogP) is 7.76. The van der Waals surface area contributed by atoms with Gasteiger partial charge in [-0.3, -0.25) is 0 Å². The van der Waals surface area contributed by atoms with Gasteiger partial charge in [-0.2, -0.15) is 0 Å². The van der Waals surface area contributed by atoms with E-state index in [-0.39, 0.29) is 12.5 Å². The van der Waals surface area contributed by atoms with Gasteiger partial charge >= 0.3 is 0 Å². The average molecular weight is 552 g/mol. The Morgan fingerprint density at radius 3 is 1.84 bits per heavy atom. The van der Waals surface area contributed by atoms with Crippen molar-refractivity contribution in [3.8, 4) is 22.5 Å². The molecular formula is C39H26BFN2. The molecule has 0 unspecified atom stereocenters. The molecule has 0 atom stereocenters. The van der Waals surface area contributed by atoms with Crippen molar-refractivity contribution < 1.29 is 4.39 Å². The summed E-state index contributed by atoms with van der Waals surface area (Å²) in [6.07, 6.45) is 0. The van der Waals surface area contributed by atoms with E-state index in [0.717, 1.165) is 11.1 Å². The number of aryl methyl sites for hydroxylation is 3. The highest BCUT2D eigenvalue weighted by atomic mass is 19.1. The molecule has 0 saturated carbocycles. The van der Waals surface area contributed by atoms with Crippen LogP contribution in [0.15, 0.2) is 103 Å². The highest BCUT2D eigenvalue weighted by molar-refractivity contribution is 7.00. The van der Waals surface area contributed by atoms with Gasteiger partial charge in [-0.25, -0.2) is 4.39 Å². The van der Waals surface area contributed by atoms with Crippen molar-refractivity contribution in [3.05, 3.63) is 126 Å². The normalized spacial score (nSPS) is 13.1. The first kappa shape index (κ1) is 23.5. The van der Waals surface area contributed by atoms with E-state index < -0.39 is 0 Å². The minimum Gasteiger partial charge on any atom is -0.310 e. The van der Waals surface area contributed by atoms with Gasteiger partial charge in [0.15, 0.2) is 0 Å². The van der Waals surface area contributed by atoms with Gasteiger partial charge in [0, 0.05) is 44.0 Å². The maximum absolute atomic E-state index is 14.6. The number of rotatable bonds is 1. The van der Waals surface area contributed by atoms with Crippen LogP contribution in [0.3, 0.4) is 0 Å². The first-order valence-electron chi connectivity index (χ1n) is 15.0. The number of para-hydroxylation sites is 1. The minimum atomic E-state index is -0.221. The summed E-state index contributed by atoms with van der Waals surface area (Å²) in [6, 6.07) is 36.7. The topological polar surface area (TPSA) is 9.86 Å². The van der Waals surface area contributed by atoms with Gasteiger partial charge in [0.2, 0.25) is 0 Å². The maximum atomic E-state index is 14.6. The van der Waals surface area contributed by atoms with Crippen LogP contribution in [0, 0.1) is 26.6 Å². The Bertz CT molecular complexity index is 2570. The van der Waals surface area contributed by atoms with Gasteiger partial charge in [0.1, 0.15) is 5.82 Å². The van der Waals surface area contributed by atoms with Crippen LogP contribution < -0.4 is 16.4 Å². The average Bonchev–Trinajstić information content (AvgIpc) is 3.50. The first-order valence-corrected chi connectivity index (χ1v) is 15.0. The molecule has 6 aromatic carbocycles. The lowest BCUT2D eigenvalue weighted by molar-refractivity contribution is 0.628. The van der Waals surface area contributed by atoms with E-state index >= 15 is 0 Å². The fraction of sp³-hybridized carbons (Fsp3) is 0.0769. The fourth-order valence-electron chi connectivity index (χ4n) is 8.26. The summed E-state index contributed by atoms with van der Waals surface area (Å²) in [6.45, 7) is 6.71. The Morgan fingerprint density at radius 2 is 1.14 bits per heavy atom. The summed E-state index contributed by atoms with van der Waals surface area (Å²) in [4.78, 5) is 0. The molecule has 0 saturated heterocycles. The molecule has 0 radical (unpaired) electrons. The van der Waals surface area contributed by atoms with Crippen molar-refractivity contribution in [2.45, 2.75) is 20.8 Å². The second-order valence-electron chi connectivity index (χ2n) is 12.6. The van der Waals surface area contributed by atoms with Gasteiger partial charge in [0.25, 0.3) is 6.71 Å². The summed E-state index contributed by atoms with van der Waals surface area (Å²) in [7, 11) is 0. The fourth-order valence-corrected chi connectivity index (χ4v) is 8.26. The Labute approximate surface area is 248 Å². The van der Waals surface area contributed by atoms with Crippen molar-refractivity contribution in [1.29, 1.82) is 0 Å². The zero-order valence-corrected chi connectivity index (χ0v) is 24.2. The number of fused-ring (bicyclic) bond motifs is 10. The quantitative estimate of drug-likeness (QED) is 0.184. The van der Waals surface area contributed by atoms with Crippen LogP contribution in [0.5, 0.6) is 0 Å². The molecule has 10 rings (SSSR count). The van der Waals surface area contributed by atoms with Crippen LogP contribution in [-0.2, 0) is 0 Å². The summed E-state index contributed by atoms with van der Waals surface area (Å²) in [5, 5.41) is 5.13. The Morgan fingerprint density at radius 1 is 0.512 bits per heavy atom. The van der Waals surface area contributed by atoms with Crippen molar-refractivity contribution in [2.24, 2.45) is 0 Å². The lowest BCUT2D eigenvalue weighted by Crippen LogP contribution is -2.59. The lowest BCUT2D eigenvalue weighted by atomic mass is 9.34. The van der Waals surface area contributed by atoms with Gasteiger partial charge in [-0.05, 0) is 103 Å². The number of halogens is 1. The molecule has 8 aromatic rings. The zero-order chi connectivity index (χ0) is 28.7. The standard InChI is InChI=1S/C39H26BFN2/c1-21-11-12-34-28(13-21)30-15-23(3)17-32-39(30)43(34)36-20-25(24-7-6-8-26(41)18-24)19-35-37(36)40(32)31-16-22(2)14-29-27-9-4-5-10-33(27)42(35)38(29)31/h4-20H,1-3H3. The van der Waals surface area contributed by atoms with Crippen LogP contribution >= 0.6 is 0 Å². The third kappa shape index (κ3) is 2.88. The van der Waals surface area contributed by atoms with Gasteiger partial charge < -0.3 is 9.13 Å². The molecular weight excluding hydrogens is 526 g/mol. The molecule has 2 aliphatic heterocycles. The molecule has 2 nitrogen and oxygen atoms in total. The summed E-state index contributed by atoms with van der Waals surface area (Å²) in [5.74, 6) is -0.221. The Kier molecular flexibility index (Phi) is 4.28. The molecule has 0 amide bonds. The second-order valence-corrected chi connectivity index (χ2v) is 12.6. The number of hydrogen-bond donors (Lipinski definition) is 0. The van der Waals surface area contributed by atoms with Gasteiger partial charge in [0.05, 0.1) is 11.0 Å². The number of aromatic nitrogens is 2. The molecule has 0 aliphatic carbocycles. The van der Waals surface area contributed by atoms with Gasteiger partial charge in [-0.15, -0.1) is 0 Å².